The second kappa shape index (κ2) is 5.97. The highest BCUT2D eigenvalue weighted by Gasteiger charge is 2.09. The summed E-state index contributed by atoms with van der Waals surface area (Å²) in [5.41, 5.74) is 3.50. The first-order valence-electron chi connectivity index (χ1n) is 6.32. The quantitative estimate of drug-likeness (QED) is 0.486. The third kappa shape index (κ3) is 3.12. The zero-order valence-electron chi connectivity index (χ0n) is 11.7. The number of aliphatic imine (C=N–C) groups is 1. The molecule has 21 heavy (non-hydrogen) atoms. The molecule has 0 spiro atoms. The molecule has 0 amide bonds. The van der Waals surface area contributed by atoms with E-state index in [1.165, 1.54) is 24.3 Å². The van der Waals surface area contributed by atoms with E-state index in [-0.39, 0.29) is 11.4 Å². The van der Waals surface area contributed by atoms with Crippen molar-refractivity contribution in [3.8, 4) is 6.07 Å². The highest BCUT2D eigenvalue weighted by atomic mass is 16.6. The molecule has 0 unspecified atom stereocenters. The van der Waals surface area contributed by atoms with Crippen LogP contribution in [0.5, 0.6) is 0 Å². The van der Waals surface area contributed by atoms with Gasteiger partial charge in [-0.3, -0.25) is 10.1 Å². The average Bonchev–Trinajstić information content (AvgIpc) is 2.47. The fourth-order valence-electron chi connectivity index (χ4n) is 1.99. The molecule has 2 aromatic rings. The number of rotatable bonds is 3. The predicted octanol–water partition coefficient (Wildman–Crippen LogP) is 3.86. The molecule has 2 aromatic carbocycles. The van der Waals surface area contributed by atoms with E-state index in [9.17, 15) is 15.4 Å². The number of para-hydroxylation sites is 1. The first kappa shape index (κ1) is 14.4. The SMILES string of the molecule is Cc1cccc(C)c1N=C(C#N)c1ccc([N+](=O)[O-])cc1. The van der Waals surface area contributed by atoms with Gasteiger partial charge in [-0.25, -0.2) is 4.99 Å². The monoisotopic (exact) mass is 279 g/mol. The minimum absolute atomic E-state index is 0.0110. The van der Waals surface area contributed by atoms with Gasteiger partial charge in [0, 0.05) is 17.7 Å². The van der Waals surface area contributed by atoms with Crippen LogP contribution in [0.15, 0.2) is 47.5 Å². The van der Waals surface area contributed by atoms with E-state index in [1.54, 1.807) is 0 Å². The van der Waals surface area contributed by atoms with E-state index in [4.69, 9.17) is 0 Å². The van der Waals surface area contributed by atoms with Gasteiger partial charge < -0.3 is 0 Å². The van der Waals surface area contributed by atoms with Gasteiger partial charge in [0.25, 0.3) is 5.69 Å². The lowest BCUT2D eigenvalue weighted by atomic mass is 10.1. The Hall–Kier alpha value is -3.00. The molecule has 0 saturated heterocycles. The number of hydrogen-bond donors (Lipinski definition) is 0. The van der Waals surface area contributed by atoms with E-state index in [0.29, 0.717) is 5.56 Å². The predicted molar refractivity (Wildman–Crippen MR) is 80.8 cm³/mol. The van der Waals surface area contributed by atoms with Crippen molar-refractivity contribution < 1.29 is 4.92 Å². The van der Waals surface area contributed by atoms with Gasteiger partial charge in [0.15, 0.2) is 0 Å². The molecule has 2 rings (SSSR count). The Morgan fingerprint density at radius 3 is 2.19 bits per heavy atom. The maximum Gasteiger partial charge on any atom is 0.269 e. The maximum atomic E-state index is 10.6. The lowest BCUT2D eigenvalue weighted by Crippen LogP contribution is -1.98. The Kier molecular flexibility index (Phi) is 4.10. The van der Waals surface area contributed by atoms with E-state index < -0.39 is 4.92 Å². The molecule has 0 atom stereocenters. The van der Waals surface area contributed by atoms with Crippen LogP contribution in [0.3, 0.4) is 0 Å². The summed E-state index contributed by atoms with van der Waals surface area (Å²) in [6, 6.07) is 13.6. The second-order valence-electron chi connectivity index (χ2n) is 4.62. The van der Waals surface area contributed by atoms with Crippen molar-refractivity contribution in [1.29, 1.82) is 5.26 Å². The van der Waals surface area contributed by atoms with E-state index in [2.05, 4.69) is 11.1 Å². The van der Waals surface area contributed by atoms with Gasteiger partial charge in [-0.05, 0) is 37.1 Å². The molecule has 0 aliphatic rings. The maximum absolute atomic E-state index is 10.6. The molecule has 0 bridgehead atoms. The lowest BCUT2D eigenvalue weighted by molar-refractivity contribution is -0.384. The zero-order chi connectivity index (χ0) is 15.4. The second-order valence-corrected chi connectivity index (χ2v) is 4.62. The molecule has 104 valence electrons. The lowest BCUT2D eigenvalue weighted by Gasteiger charge is -2.05. The van der Waals surface area contributed by atoms with E-state index in [0.717, 1.165) is 16.8 Å². The van der Waals surface area contributed by atoms with Gasteiger partial charge in [0.1, 0.15) is 11.8 Å². The van der Waals surface area contributed by atoms with Crippen LogP contribution in [-0.2, 0) is 0 Å². The molecule has 0 N–H and O–H groups in total. The number of nitriles is 1. The largest absolute Gasteiger partial charge is 0.269 e. The van der Waals surface area contributed by atoms with Gasteiger partial charge in [0.05, 0.1) is 10.6 Å². The summed E-state index contributed by atoms with van der Waals surface area (Å²) in [6.45, 7) is 3.85. The molecule has 5 heteroatoms. The van der Waals surface area contributed by atoms with Crippen molar-refractivity contribution >= 4 is 17.1 Å². The Morgan fingerprint density at radius 2 is 1.71 bits per heavy atom. The van der Waals surface area contributed by atoms with Crippen molar-refractivity contribution in [2.45, 2.75) is 13.8 Å². The third-order valence-corrected chi connectivity index (χ3v) is 3.12. The first-order valence-corrected chi connectivity index (χ1v) is 6.32. The fraction of sp³-hybridized carbons (Fsp3) is 0.125. The van der Waals surface area contributed by atoms with Gasteiger partial charge in [-0.1, -0.05) is 18.2 Å². The summed E-state index contributed by atoms with van der Waals surface area (Å²) in [4.78, 5) is 14.6. The van der Waals surface area contributed by atoms with Gasteiger partial charge in [-0.15, -0.1) is 0 Å². The summed E-state index contributed by atoms with van der Waals surface area (Å²) in [6.07, 6.45) is 0. The molecule has 5 nitrogen and oxygen atoms in total. The Morgan fingerprint density at radius 1 is 1.14 bits per heavy atom. The first-order chi connectivity index (χ1) is 10.0. The standard InChI is InChI=1S/C16H13N3O2/c1-11-4-3-5-12(2)16(11)18-15(10-17)13-6-8-14(9-7-13)19(20)21/h3-9H,1-2H3. The molecular formula is C16H13N3O2. The minimum atomic E-state index is -0.474. The summed E-state index contributed by atoms with van der Waals surface area (Å²) in [7, 11) is 0. The molecule has 0 aliphatic carbocycles. The highest BCUT2D eigenvalue weighted by molar-refractivity contribution is 6.13. The number of non-ortho nitro benzene ring substituents is 1. The molecule has 0 aliphatic heterocycles. The third-order valence-electron chi connectivity index (χ3n) is 3.12. The van der Waals surface area contributed by atoms with Crippen LogP contribution >= 0.6 is 0 Å². The summed E-state index contributed by atoms with van der Waals surface area (Å²) in [5, 5.41) is 19.9. The number of aryl methyl sites for hydroxylation is 2. The number of hydrogen-bond acceptors (Lipinski definition) is 4. The molecule has 0 aromatic heterocycles. The summed E-state index contributed by atoms with van der Waals surface area (Å²) in [5.74, 6) is 0. The minimum Gasteiger partial charge on any atom is -0.258 e. The van der Waals surface area contributed by atoms with Gasteiger partial charge >= 0.3 is 0 Å². The summed E-state index contributed by atoms with van der Waals surface area (Å²) < 4.78 is 0. The number of nitro groups is 1. The normalized spacial score (nSPS) is 11.0. The number of nitrogens with zero attached hydrogens (tertiary/aromatic N) is 3. The topological polar surface area (TPSA) is 79.3 Å². The Labute approximate surface area is 122 Å². The van der Waals surface area contributed by atoms with Crippen molar-refractivity contribution in [2.24, 2.45) is 4.99 Å². The van der Waals surface area contributed by atoms with Crippen LogP contribution < -0.4 is 0 Å². The van der Waals surface area contributed by atoms with Crippen molar-refractivity contribution in [3.63, 3.8) is 0 Å². The van der Waals surface area contributed by atoms with Gasteiger partial charge in [0.2, 0.25) is 0 Å². The number of benzene rings is 2. The fourth-order valence-corrected chi connectivity index (χ4v) is 1.99. The zero-order valence-corrected chi connectivity index (χ0v) is 11.7. The van der Waals surface area contributed by atoms with E-state index >= 15 is 0 Å². The van der Waals surface area contributed by atoms with Crippen molar-refractivity contribution in [2.75, 3.05) is 0 Å². The smallest absolute Gasteiger partial charge is 0.258 e. The van der Waals surface area contributed by atoms with Crippen LogP contribution in [0.25, 0.3) is 0 Å². The van der Waals surface area contributed by atoms with E-state index in [1.807, 2.05) is 32.0 Å². The van der Waals surface area contributed by atoms with Crippen LogP contribution in [-0.4, -0.2) is 10.6 Å². The van der Waals surface area contributed by atoms with Crippen LogP contribution in [0.4, 0.5) is 11.4 Å². The Balaban J connectivity index is 2.47. The molecule has 0 radical (unpaired) electrons. The molecule has 0 heterocycles. The van der Waals surface area contributed by atoms with Crippen LogP contribution in [0.2, 0.25) is 0 Å². The molecule has 0 fully saturated rings. The number of nitro benzene ring substituents is 1. The van der Waals surface area contributed by atoms with Crippen molar-refractivity contribution in [1.82, 2.24) is 0 Å². The van der Waals surface area contributed by atoms with Crippen LogP contribution in [0.1, 0.15) is 16.7 Å². The van der Waals surface area contributed by atoms with Gasteiger partial charge in [-0.2, -0.15) is 5.26 Å². The van der Waals surface area contributed by atoms with Crippen LogP contribution in [0, 0.1) is 35.3 Å². The molecule has 0 saturated carbocycles. The highest BCUT2D eigenvalue weighted by Crippen LogP contribution is 2.24. The van der Waals surface area contributed by atoms with Crippen molar-refractivity contribution in [3.05, 3.63) is 69.3 Å². The average molecular weight is 279 g/mol. The molecular weight excluding hydrogens is 266 g/mol. The Bertz CT molecular complexity index is 736. The summed E-state index contributed by atoms with van der Waals surface area (Å²) >= 11 is 0.